The van der Waals surface area contributed by atoms with Crippen molar-refractivity contribution in [1.29, 1.82) is 0 Å². The van der Waals surface area contributed by atoms with Crippen LogP contribution in [0.4, 0.5) is 4.39 Å². The van der Waals surface area contributed by atoms with Crippen LogP contribution >= 0.6 is 11.6 Å². The third-order valence-corrected chi connectivity index (χ3v) is 3.49. The lowest BCUT2D eigenvalue weighted by Crippen LogP contribution is -2.24. The molecule has 106 valence electrons. The molecule has 0 amide bonds. The largest absolute Gasteiger partial charge is 0.310 e. The quantitative estimate of drug-likeness (QED) is 0.809. The molecule has 0 saturated heterocycles. The Bertz CT molecular complexity index is 539. The van der Waals surface area contributed by atoms with Crippen LogP contribution in [0.25, 0.3) is 0 Å². The number of hydrogen-bond acceptors (Lipinski definition) is 1. The molecule has 0 aliphatic heterocycles. The van der Waals surface area contributed by atoms with Crippen molar-refractivity contribution in [2.24, 2.45) is 0 Å². The van der Waals surface area contributed by atoms with Gasteiger partial charge in [0.05, 0.1) is 0 Å². The van der Waals surface area contributed by atoms with Crippen LogP contribution in [0.1, 0.15) is 30.5 Å². The van der Waals surface area contributed by atoms with E-state index in [1.165, 1.54) is 11.6 Å². The van der Waals surface area contributed by atoms with Crippen molar-refractivity contribution in [2.45, 2.75) is 25.8 Å². The second-order valence-corrected chi connectivity index (χ2v) is 5.33. The van der Waals surface area contributed by atoms with Crippen LogP contribution in [0, 0.1) is 5.82 Å². The standard InChI is InChI=1S/C17H19ClFN/c1-2-10-20-17(14-6-8-15(18)9-7-14)12-13-4-3-5-16(19)11-13/h3-9,11,17,20H,2,10,12H2,1H3. The molecule has 0 aromatic heterocycles. The molecule has 0 heterocycles. The summed E-state index contributed by atoms with van der Waals surface area (Å²) in [4.78, 5) is 0. The lowest BCUT2D eigenvalue weighted by Gasteiger charge is -2.19. The van der Waals surface area contributed by atoms with Gasteiger partial charge < -0.3 is 5.32 Å². The minimum absolute atomic E-state index is 0.175. The Hall–Kier alpha value is -1.38. The van der Waals surface area contributed by atoms with Crippen molar-refractivity contribution < 1.29 is 4.39 Å². The van der Waals surface area contributed by atoms with Crippen molar-refractivity contribution in [2.75, 3.05) is 6.54 Å². The van der Waals surface area contributed by atoms with Crippen LogP contribution in [0.2, 0.25) is 5.02 Å². The highest BCUT2D eigenvalue weighted by atomic mass is 35.5. The molecule has 0 saturated carbocycles. The Morgan fingerprint density at radius 2 is 1.90 bits per heavy atom. The van der Waals surface area contributed by atoms with Crippen molar-refractivity contribution in [3.05, 3.63) is 70.5 Å². The summed E-state index contributed by atoms with van der Waals surface area (Å²) >= 11 is 5.93. The van der Waals surface area contributed by atoms with E-state index >= 15 is 0 Å². The smallest absolute Gasteiger partial charge is 0.123 e. The number of rotatable bonds is 6. The molecule has 0 bridgehead atoms. The van der Waals surface area contributed by atoms with Crippen LogP contribution in [-0.2, 0) is 6.42 Å². The van der Waals surface area contributed by atoms with Crippen LogP contribution in [0.15, 0.2) is 48.5 Å². The summed E-state index contributed by atoms with van der Waals surface area (Å²) in [6, 6.07) is 14.8. The Morgan fingerprint density at radius 1 is 1.15 bits per heavy atom. The van der Waals surface area contributed by atoms with Gasteiger partial charge >= 0.3 is 0 Å². The first-order chi connectivity index (χ1) is 9.69. The average molecular weight is 292 g/mol. The molecule has 1 N–H and O–H groups in total. The zero-order valence-corrected chi connectivity index (χ0v) is 12.3. The molecule has 20 heavy (non-hydrogen) atoms. The lowest BCUT2D eigenvalue weighted by molar-refractivity contribution is 0.527. The topological polar surface area (TPSA) is 12.0 Å². The van der Waals surface area contributed by atoms with E-state index in [4.69, 9.17) is 11.6 Å². The number of nitrogens with one attached hydrogen (secondary N) is 1. The Labute approximate surface area is 124 Å². The molecule has 3 heteroatoms. The predicted molar refractivity (Wildman–Crippen MR) is 82.6 cm³/mol. The number of benzene rings is 2. The van der Waals surface area contributed by atoms with Crippen LogP contribution in [0.3, 0.4) is 0 Å². The Kier molecular flexibility index (Phi) is 5.57. The lowest BCUT2D eigenvalue weighted by atomic mass is 9.98. The highest BCUT2D eigenvalue weighted by Crippen LogP contribution is 2.21. The second-order valence-electron chi connectivity index (χ2n) is 4.89. The van der Waals surface area contributed by atoms with Gasteiger partial charge in [-0.1, -0.05) is 42.8 Å². The van der Waals surface area contributed by atoms with Gasteiger partial charge in [-0.3, -0.25) is 0 Å². The summed E-state index contributed by atoms with van der Waals surface area (Å²) in [5.41, 5.74) is 2.17. The first kappa shape index (κ1) is 15.0. The molecule has 0 spiro atoms. The average Bonchev–Trinajstić information content (AvgIpc) is 2.44. The maximum Gasteiger partial charge on any atom is 0.123 e. The molecular formula is C17H19ClFN. The molecule has 0 fully saturated rings. The number of hydrogen-bond donors (Lipinski definition) is 1. The van der Waals surface area contributed by atoms with Gasteiger partial charge in [-0.2, -0.15) is 0 Å². The van der Waals surface area contributed by atoms with Crippen LogP contribution in [-0.4, -0.2) is 6.54 Å². The molecule has 1 atom stereocenters. The van der Waals surface area contributed by atoms with Gasteiger partial charge in [0.25, 0.3) is 0 Å². The summed E-state index contributed by atoms with van der Waals surface area (Å²) in [7, 11) is 0. The molecule has 0 aliphatic carbocycles. The maximum atomic E-state index is 13.3. The molecular weight excluding hydrogens is 273 g/mol. The van der Waals surface area contributed by atoms with Gasteiger partial charge in [0.15, 0.2) is 0 Å². The minimum Gasteiger partial charge on any atom is -0.310 e. The van der Waals surface area contributed by atoms with Gasteiger partial charge in [0.1, 0.15) is 5.82 Å². The monoisotopic (exact) mass is 291 g/mol. The van der Waals surface area contributed by atoms with Crippen molar-refractivity contribution in [3.8, 4) is 0 Å². The summed E-state index contributed by atoms with van der Waals surface area (Å²) in [6.45, 7) is 3.07. The fourth-order valence-electron chi connectivity index (χ4n) is 2.22. The summed E-state index contributed by atoms with van der Waals surface area (Å²) < 4.78 is 13.3. The molecule has 2 aromatic carbocycles. The van der Waals surface area contributed by atoms with Crippen molar-refractivity contribution >= 4 is 11.6 Å². The Morgan fingerprint density at radius 3 is 2.55 bits per heavy atom. The third-order valence-electron chi connectivity index (χ3n) is 3.24. The molecule has 2 aromatic rings. The van der Waals surface area contributed by atoms with E-state index < -0.39 is 0 Å². The van der Waals surface area contributed by atoms with Crippen molar-refractivity contribution in [1.82, 2.24) is 5.32 Å². The molecule has 0 radical (unpaired) electrons. The van der Waals surface area contributed by atoms with E-state index in [0.717, 1.165) is 30.0 Å². The van der Waals surface area contributed by atoms with Gasteiger partial charge in [-0.05, 0) is 54.8 Å². The summed E-state index contributed by atoms with van der Waals surface area (Å²) in [5, 5.41) is 4.24. The van der Waals surface area contributed by atoms with E-state index in [1.54, 1.807) is 12.1 Å². The highest BCUT2D eigenvalue weighted by Gasteiger charge is 2.11. The van der Waals surface area contributed by atoms with Gasteiger partial charge in [-0.25, -0.2) is 4.39 Å². The minimum atomic E-state index is -0.187. The van der Waals surface area contributed by atoms with Crippen molar-refractivity contribution in [3.63, 3.8) is 0 Å². The zero-order chi connectivity index (χ0) is 14.4. The molecule has 1 nitrogen and oxygen atoms in total. The summed E-state index contributed by atoms with van der Waals surface area (Å²) in [5.74, 6) is -0.187. The van der Waals surface area contributed by atoms with E-state index in [2.05, 4.69) is 12.2 Å². The first-order valence-corrected chi connectivity index (χ1v) is 7.30. The number of halogens is 2. The zero-order valence-electron chi connectivity index (χ0n) is 11.6. The van der Waals surface area contributed by atoms with E-state index in [-0.39, 0.29) is 11.9 Å². The van der Waals surface area contributed by atoms with Crippen LogP contribution < -0.4 is 5.32 Å². The SMILES string of the molecule is CCCNC(Cc1cccc(F)c1)c1ccc(Cl)cc1. The maximum absolute atomic E-state index is 13.3. The van der Waals surface area contributed by atoms with E-state index in [9.17, 15) is 4.39 Å². The van der Waals surface area contributed by atoms with Gasteiger partial charge in [0, 0.05) is 11.1 Å². The molecule has 1 unspecified atom stereocenters. The highest BCUT2D eigenvalue weighted by molar-refractivity contribution is 6.30. The van der Waals surface area contributed by atoms with Gasteiger partial charge in [-0.15, -0.1) is 0 Å². The fraction of sp³-hybridized carbons (Fsp3) is 0.294. The summed E-state index contributed by atoms with van der Waals surface area (Å²) in [6.07, 6.45) is 1.83. The molecule has 2 rings (SSSR count). The van der Waals surface area contributed by atoms with E-state index in [0.29, 0.717) is 0 Å². The molecule has 0 aliphatic rings. The van der Waals surface area contributed by atoms with Crippen LogP contribution in [0.5, 0.6) is 0 Å². The second kappa shape index (κ2) is 7.41. The third kappa shape index (κ3) is 4.32. The predicted octanol–water partition coefficient (Wildman–Crippen LogP) is 4.76. The first-order valence-electron chi connectivity index (χ1n) is 6.92. The van der Waals surface area contributed by atoms with E-state index in [1.807, 2.05) is 30.3 Å². The Balaban J connectivity index is 2.16. The fourth-order valence-corrected chi connectivity index (χ4v) is 2.35. The normalized spacial score (nSPS) is 12.3. The van der Waals surface area contributed by atoms with Gasteiger partial charge in [0.2, 0.25) is 0 Å².